The molecule has 1 aromatic rings. The minimum absolute atomic E-state index is 0.215. The number of alkyl halides is 3. The topological polar surface area (TPSA) is 68.0 Å². The van der Waals surface area contributed by atoms with Crippen LogP contribution < -0.4 is 0 Å². The van der Waals surface area contributed by atoms with Crippen LogP contribution in [0.4, 0.5) is 13.2 Å². The van der Waals surface area contributed by atoms with E-state index in [9.17, 15) is 18.0 Å². The second kappa shape index (κ2) is 6.96. The number of thioether (sulfide) groups is 1. The van der Waals surface area contributed by atoms with Crippen LogP contribution in [-0.4, -0.2) is 37.8 Å². The molecule has 0 fully saturated rings. The monoisotopic (exact) mass is 311 g/mol. The van der Waals surface area contributed by atoms with Crippen molar-refractivity contribution in [3.05, 3.63) is 5.82 Å². The fourth-order valence-corrected chi connectivity index (χ4v) is 2.57. The first-order chi connectivity index (χ1) is 9.24. The molecule has 0 amide bonds. The molecule has 114 valence electrons. The smallest absolute Gasteiger partial charge is 0.391 e. The zero-order valence-corrected chi connectivity index (χ0v) is 12.0. The number of rotatable bonds is 7. The Kier molecular flexibility index (Phi) is 5.85. The molecule has 9 heteroatoms. The summed E-state index contributed by atoms with van der Waals surface area (Å²) in [5.74, 6) is -0.856. The lowest BCUT2D eigenvalue weighted by Crippen LogP contribution is -2.19. The maximum Gasteiger partial charge on any atom is 0.391 e. The number of carboxylic acids is 1. The summed E-state index contributed by atoms with van der Waals surface area (Å²) < 4.78 is 38.9. The maximum atomic E-state index is 12.5. The van der Waals surface area contributed by atoms with E-state index in [1.807, 2.05) is 6.92 Å². The van der Waals surface area contributed by atoms with Crippen molar-refractivity contribution in [1.29, 1.82) is 0 Å². The molecule has 1 unspecified atom stereocenters. The van der Waals surface area contributed by atoms with Gasteiger partial charge in [0.1, 0.15) is 5.82 Å². The third kappa shape index (κ3) is 5.03. The van der Waals surface area contributed by atoms with Crippen molar-refractivity contribution < 1.29 is 23.1 Å². The summed E-state index contributed by atoms with van der Waals surface area (Å²) in [7, 11) is 0. The van der Waals surface area contributed by atoms with Gasteiger partial charge in [0.05, 0.1) is 12.2 Å². The number of aryl methyl sites for hydroxylation is 1. The minimum Gasteiger partial charge on any atom is -0.481 e. The largest absolute Gasteiger partial charge is 0.481 e. The molecule has 0 aliphatic heterocycles. The third-order valence-corrected chi connectivity index (χ3v) is 3.43. The second-order valence-corrected chi connectivity index (χ2v) is 5.31. The van der Waals surface area contributed by atoms with Crippen LogP contribution in [0, 0.1) is 0 Å². The Bertz CT molecular complexity index is 462. The highest BCUT2D eigenvalue weighted by molar-refractivity contribution is 7.99. The highest BCUT2D eigenvalue weighted by atomic mass is 32.2. The van der Waals surface area contributed by atoms with Crippen LogP contribution in [0.25, 0.3) is 0 Å². The van der Waals surface area contributed by atoms with E-state index in [0.717, 1.165) is 18.2 Å². The summed E-state index contributed by atoms with van der Waals surface area (Å²) in [4.78, 5) is 10.6. The highest BCUT2D eigenvalue weighted by Gasteiger charge is 2.32. The van der Waals surface area contributed by atoms with Crippen molar-refractivity contribution in [3.8, 4) is 0 Å². The second-order valence-electron chi connectivity index (χ2n) is 4.37. The van der Waals surface area contributed by atoms with Gasteiger partial charge in [-0.25, -0.2) is 0 Å². The summed E-state index contributed by atoms with van der Waals surface area (Å²) in [6.45, 7) is 3.32. The Labute approximate surface area is 118 Å². The van der Waals surface area contributed by atoms with E-state index >= 15 is 0 Å². The molecule has 0 saturated carbocycles. The zero-order valence-electron chi connectivity index (χ0n) is 11.1. The molecular weight excluding hydrogens is 295 g/mol. The SMILES string of the molecule is CCCc1nnc(SCC(=O)O)n1C(C)CC(F)(F)F. The quantitative estimate of drug-likeness (QED) is 0.784. The van der Waals surface area contributed by atoms with Gasteiger partial charge in [-0.1, -0.05) is 18.7 Å². The van der Waals surface area contributed by atoms with Gasteiger partial charge < -0.3 is 9.67 Å². The first-order valence-electron chi connectivity index (χ1n) is 6.09. The normalized spacial score (nSPS) is 13.4. The van der Waals surface area contributed by atoms with Crippen LogP contribution in [0.15, 0.2) is 5.16 Å². The molecule has 1 aromatic heterocycles. The maximum absolute atomic E-state index is 12.5. The molecular formula is C11H16F3N3O2S. The average Bonchev–Trinajstić information content (AvgIpc) is 2.67. The molecule has 0 aliphatic carbocycles. The summed E-state index contributed by atoms with van der Waals surface area (Å²) in [6.07, 6.45) is -4.06. The van der Waals surface area contributed by atoms with Gasteiger partial charge in [0, 0.05) is 12.5 Å². The molecule has 1 N–H and O–H groups in total. The zero-order chi connectivity index (χ0) is 15.3. The van der Waals surface area contributed by atoms with Crippen LogP contribution in [0.3, 0.4) is 0 Å². The van der Waals surface area contributed by atoms with Crippen molar-refractivity contribution in [3.63, 3.8) is 0 Å². The molecule has 0 spiro atoms. The third-order valence-electron chi connectivity index (χ3n) is 2.50. The van der Waals surface area contributed by atoms with E-state index in [1.54, 1.807) is 0 Å². The summed E-state index contributed by atoms with van der Waals surface area (Å²) in [5.41, 5.74) is 0. The van der Waals surface area contributed by atoms with Crippen molar-refractivity contribution in [2.45, 2.75) is 50.5 Å². The standard InChI is InChI=1S/C11H16F3N3O2S/c1-3-4-8-15-16-10(20-6-9(18)19)17(8)7(2)5-11(12,13)14/h7H,3-6H2,1-2H3,(H,18,19). The number of carbonyl (C=O) groups is 1. The molecule has 0 bridgehead atoms. The molecule has 0 radical (unpaired) electrons. The number of halogens is 3. The van der Waals surface area contributed by atoms with E-state index in [-0.39, 0.29) is 10.9 Å². The lowest BCUT2D eigenvalue weighted by molar-refractivity contribution is -0.142. The van der Waals surface area contributed by atoms with Crippen LogP contribution in [-0.2, 0) is 11.2 Å². The summed E-state index contributed by atoms with van der Waals surface area (Å²) >= 11 is 0.879. The number of aliphatic carboxylic acids is 1. The van der Waals surface area contributed by atoms with Crippen molar-refractivity contribution in [2.75, 3.05) is 5.75 Å². The minimum atomic E-state index is -4.29. The number of hydrogen-bond donors (Lipinski definition) is 1. The Morgan fingerprint density at radius 3 is 2.60 bits per heavy atom. The van der Waals surface area contributed by atoms with Gasteiger partial charge in [-0.3, -0.25) is 4.79 Å². The van der Waals surface area contributed by atoms with Crippen molar-refractivity contribution >= 4 is 17.7 Å². The Hall–Kier alpha value is -1.25. The van der Waals surface area contributed by atoms with Gasteiger partial charge in [0.2, 0.25) is 0 Å². The predicted molar refractivity (Wildman–Crippen MR) is 67.8 cm³/mol. The van der Waals surface area contributed by atoms with E-state index in [2.05, 4.69) is 10.2 Å². The van der Waals surface area contributed by atoms with Crippen molar-refractivity contribution in [1.82, 2.24) is 14.8 Å². The average molecular weight is 311 g/mol. The van der Waals surface area contributed by atoms with Crippen LogP contribution in [0.2, 0.25) is 0 Å². The molecule has 0 aromatic carbocycles. The van der Waals surface area contributed by atoms with Gasteiger partial charge >= 0.3 is 12.1 Å². The molecule has 1 atom stereocenters. The molecule has 20 heavy (non-hydrogen) atoms. The molecule has 0 saturated heterocycles. The van der Waals surface area contributed by atoms with Crippen LogP contribution in [0.1, 0.15) is 38.6 Å². The lowest BCUT2D eigenvalue weighted by atomic mass is 10.2. The predicted octanol–water partition coefficient (Wildman–Crippen LogP) is 2.92. The number of carboxylic acid groups (broad SMARTS) is 1. The van der Waals surface area contributed by atoms with E-state index in [4.69, 9.17) is 5.11 Å². The molecule has 1 rings (SSSR count). The van der Waals surface area contributed by atoms with Crippen LogP contribution in [0.5, 0.6) is 0 Å². The first-order valence-corrected chi connectivity index (χ1v) is 7.08. The highest BCUT2D eigenvalue weighted by Crippen LogP contribution is 2.31. The molecule has 0 aliphatic rings. The van der Waals surface area contributed by atoms with Gasteiger partial charge in [-0.2, -0.15) is 13.2 Å². The van der Waals surface area contributed by atoms with Gasteiger partial charge in [-0.05, 0) is 13.3 Å². The fraction of sp³-hybridized carbons (Fsp3) is 0.727. The molecule has 1 heterocycles. The summed E-state index contributed by atoms with van der Waals surface area (Å²) in [6, 6.07) is -0.858. The van der Waals surface area contributed by atoms with Gasteiger partial charge in [-0.15, -0.1) is 10.2 Å². The number of nitrogens with zero attached hydrogens (tertiary/aromatic N) is 3. The Morgan fingerprint density at radius 1 is 1.45 bits per heavy atom. The Morgan fingerprint density at radius 2 is 2.10 bits per heavy atom. The van der Waals surface area contributed by atoms with Crippen LogP contribution >= 0.6 is 11.8 Å². The first kappa shape index (κ1) is 16.8. The molecule has 5 nitrogen and oxygen atoms in total. The fourth-order valence-electron chi connectivity index (χ4n) is 1.80. The summed E-state index contributed by atoms with van der Waals surface area (Å²) in [5, 5.41) is 16.5. The van der Waals surface area contributed by atoms with Gasteiger partial charge in [0.15, 0.2) is 5.16 Å². The van der Waals surface area contributed by atoms with E-state index in [0.29, 0.717) is 12.2 Å². The number of aromatic nitrogens is 3. The van der Waals surface area contributed by atoms with E-state index in [1.165, 1.54) is 11.5 Å². The van der Waals surface area contributed by atoms with Crippen molar-refractivity contribution in [2.24, 2.45) is 0 Å². The van der Waals surface area contributed by atoms with E-state index < -0.39 is 24.6 Å². The number of hydrogen-bond acceptors (Lipinski definition) is 4. The lowest BCUT2D eigenvalue weighted by Gasteiger charge is -2.19. The Balaban J connectivity index is 2.98. The van der Waals surface area contributed by atoms with Gasteiger partial charge in [0.25, 0.3) is 0 Å².